The lowest BCUT2D eigenvalue weighted by Gasteiger charge is -2.22. The van der Waals surface area contributed by atoms with E-state index < -0.39 is 23.8 Å². The van der Waals surface area contributed by atoms with E-state index in [1.54, 1.807) is 24.3 Å². The molecule has 7 heteroatoms. The van der Waals surface area contributed by atoms with E-state index in [2.05, 4.69) is 10.6 Å². The number of amides is 2. The molecule has 0 saturated carbocycles. The summed E-state index contributed by atoms with van der Waals surface area (Å²) in [6.07, 6.45) is 0.667. The van der Waals surface area contributed by atoms with Crippen molar-refractivity contribution in [3.05, 3.63) is 34.9 Å². The number of halogens is 1. The SMILES string of the molecule is CCC(C)C(NC(=O)c1ccc(Cl)cc1)C(=O)OCC(=O)NC. The number of hydrogen-bond acceptors (Lipinski definition) is 4. The summed E-state index contributed by atoms with van der Waals surface area (Å²) in [5.41, 5.74) is 0.391. The van der Waals surface area contributed by atoms with Gasteiger partial charge in [0.05, 0.1) is 0 Å². The van der Waals surface area contributed by atoms with Gasteiger partial charge in [-0.15, -0.1) is 0 Å². The van der Waals surface area contributed by atoms with Gasteiger partial charge in [0.1, 0.15) is 6.04 Å². The number of benzene rings is 1. The Morgan fingerprint density at radius 3 is 2.35 bits per heavy atom. The fraction of sp³-hybridized carbons (Fsp3) is 0.438. The Kier molecular flexibility index (Phi) is 7.54. The Balaban J connectivity index is 2.77. The smallest absolute Gasteiger partial charge is 0.329 e. The molecule has 2 amide bonds. The van der Waals surface area contributed by atoms with Gasteiger partial charge in [-0.2, -0.15) is 0 Å². The Labute approximate surface area is 140 Å². The highest BCUT2D eigenvalue weighted by molar-refractivity contribution is 6.30. The van der Waals surface area contributed by atoms with Crippen LogP contribution in [0.25, 0.3) is 0 Å². The molecule has 0 aliphatic carbocycles. The van der Waals surface area contributed by atoms with Crippen molar-refractivity contribution in [3.8, 4) is 0 Å². The molecule has 0 fully saturated rings. The molecule has 0 bridgehead atoms. The first-order chi connectivity index (χ1) is 10.9. The van der Waals surface area contributed by atoms with Crippen LogP contribution in [0.4, 0.5) is 0 Å². The van der Waals surface area contributed by atoms with E-state index in [0.717, 1.165) is 0 Å². The Bertz CT molecular complexity index is 560. The molecule has 0 aromatic heterocycles. The third-order valence-corrected chi connectivity index (χ3v) is 3.74. The van der Waals surface area contributed by atoms with Crippen LogP contribution in [0.5, 0.6) is 0 Å². The average molecular weight is 341 g/mol. The van der Waals surface area contributed by atoms with Crippen LogP contribution < -0.4 is 10.6 Å². The maximum atomic E-state index is 12.2. The monoisotopic (exact) mass is 340 g/mol. The molecule has 6 nitrogen and oxygen atoms in total. The first-order valence-corrected chi connectivity index (χ1v) is 7.70. The molecular weight excluding hydrogens is 320 g/mol. The van der Waals surface area contributed by atoms with Gasteiger partial charge in [-0.1, -0.05) is 31.9 Å². The summed E-state index contributed by atoms with van der Waals surface area (Å²) in [7, 11) is 1.45. The van der Waals surface area contributed by atoms with E-state index in [9.17, 15) is 14.4 Å². The summed E-state index contributed by atoms with van der Waals surface area (Å²) in [5, 5.41) is 5.53. The number of carbonyl (C=O) groups excluding carboxylic acids is 3. The van der Waals surface area contributed by atoms with Crippen molar-refractivity contribution in [2.45, 2.75) is 26.3 Å². The van der Waals surface area contributed by atoms with Crippen LogP contribution in [0.15, 0.2) is 24.3 Å². The normalized spacial score (nSPS) is 12.9. The first kappa shape index (κ1) is 19.0. The molecule has 0 aliphatic heterocycles. The minimum absolute atomic E-state index is 0.136. The van der Waals surface area contributed by atoms with Gasteiger partial charge in [0.15, 0.2) is 6.61 Å². The predicted octanol–water partition coefficient (Wildman–Crippen LogP) is 1.77. The molecule has 0 radical (unpaired) electrons. The Morgan fingerprint density at radius 1 is 1.22 bits per heavy atom. The van der Waals surface area contributed by atoms with E-state index in [1.165, 1.54) is 7.05 Å². The maximum Gasteiger partial charge on any atom is 0.329 e. The van der Waals surface area contributed by atoms with Crippen LogP contribution >= 0.6 is 11.6 Å². The molecule has 2 unspecified atom stereocenters. The zero-order valence-corrected chi connectivity index (χ0v) is 14.1. The second-order valence-electron chi connectivity index (χ2n) is 5.12. The van der Waals surface area contributed by atoms with Crippen molar-refractivity contribution in [1.82, 2.24) is 10.6 Å². The third-order valence-electron chi connectivity index (χ3n) is 3.48. The summed E-state index contributed by atoms with van der Waals surface area (Å²) in [6, 6.07) is 5.51. The molecule has 23 heavy (non-hydrogen) atoms. The molecule has 2 N–H and O–H groups in total. The van der Waals surface area contributed by atoms with Gasteiger partial charge in [-0.05, 0) is 30.2 Å². The number of ether oxygens (including phenoxy) is 1. The van der Waals surface area contributed by atoms with Gasteiger partial charge in [-0.25, -0.2) is 4.79 Å². The van der Waals surface area contributed by atoms with Crippen LogP contribution in [0, 0.1) is 5.92 Å². The van der Waals surface area contributed by atoms with Crippen LogP contribution in [-0.4, -0.2) is 37.5 Å². The van der Waals surface area contributed by atoms with Crippen molar-refractivity contribution in [2.75, 3.05) is 13.7 Å². The molecule has 0 aliphatic rings. The molecule has 1 aromatic rings. The highest BCUT2D eigenvalue weighted by Gasteiger charge is 2.28. The van der Waals surface area contributed by atoms with E-state index in [0.29, 0.717) is 17.0 Å². The van der Waals surface area contributed by atoms with Crippen molar-refractivity contribution in [1.29, 1.82) is 0 Å². The van der Waals surface area contributed by atoms with Gasteiger partial charge >= 0.3 is 5.97 Å². The number of hydrogen-bond donors (Lipinski definition) is 2. The average Bonchev–Trinajstić information content (AvgIpc) is 2.56. The van der Waals surface area contributed by atoms with Crippen molar-refractivity contribution >= 4 is 29.4 Å². The fourth-order valence-corrected chi connectivity index (χ4v) is 1.92. The molecule has 126 valence electrons. The summed E-state index contributed by atoms with van der Waals surface area (Å²) < 4.78 is 4.95. The van der Waals surface area contributed by atoms with Crippen molar-refractivity contribution in [2.24, 2.45) is 5.92 Å². The maximum absolute atomic E-state index is 12.2. The molecule has 0 saturated heterocycles. The fourth-order valence-electron chi connectivity index (χ4n) is 1.79. The standard InChI is InChI=1S/C16H21ClN2O4/c1-4-10(2)14(16(22)23-9-13(20)18-3)19-15(21)11-5-7-12(17)8-6-11/h5-8,10,14H,4,9H2,1-3H3,(H,18,20)(H,19,21). The summed E-state index contributed by atoms with van der Waals surface area (Å²) in [4.78, 5) is 35.6. The number of likely N-dealkylation sites (N-methyl/N-ethyl adjacent to an activating group) is 1. The second kappa shape index (κ2) is 9.15. The van der Waals surface area contributed by atoms with Crippen LogP contribution in [-0.2, 0) is 14.3 Å². The zero-order chi connectivity index (χ0) is 17.4. The number of esters is 1. The number of rotatable bonds is 7. The van der Waals surface area contributed by atoms with Gasteiger partial charge in [0.2, 0.25) is 0 Å². The van der Waals surface area contributed by atoms with Gasteiger partial charge in [0, 0.05) is 17.6 Å². The topological polar surface area (TPSA) is 84.5 Å². The lowest BCUT2D eigenvalue weighted by atomic mass is 9.99. The lowest BCUT2D eigenvalue weighted by molar-refractivity contribution is -0.151. The molecule has 2 atom stereocenters. The first-order valence-electron chi connectivity index (χ1n) is 7.32. The van der Waals surface area contributed by atoms with Crippen LogP contribution in [0.3, 0.4) is 0 Å². The minimum Gasteiger partial charge on any atom is -0.454 e. The van der Waals surface area contributed by atoms with E-state index in [-0.39, 0.29) is 12.5 Å². The summed E-state index contributed by atoms with van der Waals surface area (Å²) in [6.45, 7) is 3.35. The van der Waals surface area contributed by atoms with Crippen molar-refractivity contribution < 1.29 is 19.1 Å². The third kappa shape index (κ3) is 5.90. The summed E-state index contributed by atoms with van der Waals surface area (Å²) in [5.74, 6) is -1.58. The van der Waals surface area contributed by atoms with E-state index in [1.807, 2.05) is 13.8 Å². The molecule has 0 heterocycles. The van der Waals surface area contributed by atoms with E-state index in [4.69, 9.17) is 16.3 Å². The second-order valence-corrected chi connectivity index (χ2v) is 5.56. The Hall–Kier alpha value is -2.08. The quantitative estimate of drug-likeness (QED) is 0.741. The van der Waals surface area contributed by atoms with E-state index >= 15 is 0 Å². The molecule has 0 spiro atoms. The number of nitrogens with one attached hydrogen (secondary N) is 2. The predicted molar refractivity (Wildman–Crippen MR) is 87.2 cm³/mol. The highest BCUT2D eigenvalue weighted by atomic mass is 35.5. The minimum atomic E-state index is -0.826. The molecule has 1 rings (SSSR count). The highest BCUT2D eigenvalue weighted by Crippen LogP contribution is 2.13. The zero-order valence-electron chi connectivity index (χ0n) is 13.4. The lowest BCUT2D eigenvalue weighted by Crippen LogP contribution is -2.46. The largest absolute Gasteiger partial charge is 0.454 e. The Morgan fingerprint density at radius 2 is 1.83 bits per heavy atom. The van der Waals surface area contributed by atoms with Gasteiger partial charge in [-0.3, -0.25) is 9.59 Å². The summed E-state index contributed by atoms with van der Waals surface area (Å²) >= 11 is 5.79. The van der Waals surface area contributed by atoms with Crippen LogP contribution in [0.2, 0.25) is 5.02 Å². The molecule has 1 aromatic carbocycles. The van der Waals surface area contributed by atoms with Gasteiger partial charge in [0.25, 0.3) is 11.8 Å². The van der Waals surface area contributed by atoms with Crippen molar-refractivity contribution in [3.63, 3.8) is 0 Å². The van der Waals surface area contributed by atoms with Gasteiger partial charge < -0.3 is 15.4 Å². The number of carbonyl (C=O) groups is 3. The molecular formula is C16H21ClN2O4. The van der Waals surface area contributed by atoms with Crippen LogP contribution in [0.1, 0.15) is 30.6 Å².